The Morgan fingerprint density at radius 3 is 2.19 bits per heavy atom. The standard InChI is InChI=1S/C22H34N4O/c23-10-5-11-24-14-16-25(17-15-24)12-6-13-26(20-22-9-4-18-27-22)19-21-7-2-1-3-8-21/h1-4,7-9,18H,5-6,10-17,19-20,23H2. The first-order valence-corrected chi connectivity index (χ1v) is 10.3. The third-order valence-electron chi connectivity index (χ3n) is 5.30. The van der Waals surface area contributed by atoms with Gasteiger partial charge in [-0.25, -0.2) is 0 Å². The topological polar surface area (TPSA) is 48.9 Å². The summed E-state index contributed by atoms with van der Waals surface area (Å²) < 4.78 is 5.58. The van der Waals surface area contributed by atoms with E-state index in [4.69, 9.17) is 10.2 Å². The van der Waals surface area contributed by atoms with Gasteiger partial charge in [0.2, 0.25) is 0 Å². The maximum Gasteiger partial charge on any atom is 0.117 e. The van der Waals surface area contributed by atoms with E-state index in [0.717, 1.165) is 44.9 Å². The van der Waals surface area contributed by atoms with Gasteiger partial charge in [0, 0.05) is 39.3 Å². The van der Waals surface area contributed by atoms with Crippen LogP contribution in [0, 0.1) is 0 Å². The van der Waals surface area contributed by atoms with Gasteiger partial charge in [-0.15, -0.1) is 0 Å². The highest BCUT2D eigenvalue weighted by Gasteiger charge is 2.16. The number of piperazine rings is 1. The van der Waals surface area contributed by atoms with Gasteiger partial charge in [0.1, 0.15) is 5.76 Å². The van der Waals surface area contributed by atoms with Crippen LogP contribution < -0.4 is 5.73 Å². The van der Waals surface area contributed by atoms with Gasteiger partial charge in [-0.05, 0) is 50.2 Å². The molecule has 0 radical (unpaired) electrons. The third kappa shape index (κ3) is 7.11. The summed E-state index contributed by atoms with van der Waals surface area (Å²) in [7, 11) is 0. The summed E-state index contributed by atoms with van der Waals surface area (Å²) in [5.74, 6) is 1.04. The highest BCUT2D eigenvalue weighted by molar-refractivity contribution is 5.14. The SMILES string of the molecule is NCCCN1CCN(CCCN(Cc2ccccc2)Cc2ccco2)CC1. The van der Waals surface area contributed by atoms with Crippen LogP contribution in [0.25, 0.3) is 0 Å². The van der Waals surface area contributed by atoms with Gasteiger partial charge in [-0.2, -0.15) is 0 Å². The number of nitrogens with zero attached hydrogens (tertiary/aromatic N) is 3. The maximum absolute atomic E-state index is 5.62. The first kappa shape index (κ1) is 20.1. The molecular weight excluding hydrogens is 336 g/mol. The Morgan fingerprint density at radius 1 is 0.852 bits per heavy atom. The second kappa shape index (κ2) is 11.2. The van der Waals surface area contributed by atoms with Gasteiger partial charge < -0.3 is 20.0 Å². The molecule has 1 aromatic carbocycles. The van der Waals surface area contributed by atoms with E-state index in [2.05, 4.69) is 51.1 Å². The van der Waals surface area contributed by atoms with Gasteiger partial charge in [0.15, 0.2) is 0 Å². The molecule has 1 saturated heterocycles. The third-order valence-corrected chi connectivity index (χ3v) is 5.30. The normalized spacial score (nSPS) is 16.2. The minimum atomic E-state index is 0.799. The Balaban J connectivity index is 1.42. The van der Waals surface area contributed by atoms with Gasteiger partial charge in [-0.3, -0.25) is 4.90 Å². The van der Waals surface area contributed by atoms with Gasteiger partial charge in [0.05, 0.1) is 12.8 Å². The predicted molar refractivity (Wildman–Crippen MR) is 110 cm³/mol. The second-order valence-corrected chi connectivity index (χ2v) is 7.45. The highest BCUT2D eigenvalue weighted by Crippen LogP contribution is 2.12. The molecule has 1 aromatic heterocycles. The molecule has 148 valence electrons. The fourth-order valence-electron chi connectivity index (χ4n) is 3.75. The molecule has 3 rings (SSSR count). The number of furan rings is 1. The molecule has 1 aliphatic heterocycles. The zero-order valence-electron chi connectivity index (χ0n) is 16.4. The molecule has 27 heavy (non-hydrogen) atoms. The zero-order valence-corrected chi connectivity index (χ0v) is 16.4. The van der Waals surface area contributed by atoms with Crippen LogP contribution in [0.2, 0.25) is 0 Å². The van der Waals surface area contributed by atoms with E-state index in [-0.39, 0.29) is 0 Å². The molecule has 0 spiro atoms. The second-order valence-electron chi connectivity index (χ2n) is 7.45. The lowest BCUT2D eigenvalue weighted by atomic mass is 10.2. The number of hydrogen-bond acceptors (Lipinski definition) is 5. The molecule has 0 atom stereocenters. The molecule has 1 fully saturated rings. The van der Waals surface area contributed by atoms with Crippen molar-refractivity contribution in [2.45, 2.75) is 25.9 Å². The monoisotopic (exact) mass is 370 g/mol. The quantitative estimate of drug-likeness (QED) is 0.659. The largest absolute Gasteiger partial charge is 0.468 e. The molecule has 2 N–H and O–H groups in total. The Hall–Kier alpha value is -1.66. The van der Waals surface area contributed by atoms with E-state index in [0.29, 0.717) is 0 Å². The Labute approximate surface area is 163 Å². The summed E-state index contributed by atoms with van der Waals surface area (Å²) >= 11 is 0. The van der Waals surface area contributed by atoms with E-state index in [1.807, 2.05) is 6.07 Å². The maximum atomic E-state index is 5.62. The van der Waals surface area contributed by atoms with Crippen molar-refractivity contribution in [1.29, 1.82) is 0 Å². The molecule has 0 saturated carbocycles. The molecule has 2 aromatic rings. The van der Waals surface area contributed by atoms with Crippen LogP contribution in [0.3, 0.4) is 0 Å². The minimum absolute atomic E-state index is 0.799. The molecule has 1 aliphatic rings. The van der Waals surface area contributed by atoms with Crippen LogP contribution in [-0.4, -0.2) is 67.1 Å². The van der Waals surface area contributed by atoms with Gasteiger partial charge >= 0.3 is 0 Å². The van der Waals surface area contributed by atoms with E-state index in [9.17, 15) is 0 Å². The Kier molecular flexibility index (Phi) is 8.36. The van der Waals surface area contributed by atoms with E-state index in [1.54, 1.807) is 6.26 Å². The van der Waals surface area contributed by atoms with Crippen LogP contribution >= 0.6 is 0 Å². The molecule has 0 unspecified atom stereocenters. The number of nitrogens with two attached hydrogens (primary N) is 1. The number of rotatable bonds is 11. The van der Waals surface area contributed by atoms with E-state index >= 15 is 0 Å². The average molecular weight is 371 g/mol. The first-order valence-electron chi connectivity index (χ1n) is 10.3. The van der Waals surface area contributed by atoms with Crippen LogP contribution in [0.4, 0.5) is 0 Å². The summed E-state index contributed by atoms with van der Waals surface area (Å²) in [6.07, 6.45) is 4.07. The van der Waals surface area contributed by atoms with Crippen molar-refractivity contribution >= 4 is 0 Å². The van der Waals surface area contributed by atoms with Crippen LogP contribution in [0.5, 0.6) is 0 Å². The van der Waals surface area contributed by atoms with Crippen LogP contribution in [-0.2, 0) is 13.1 Å². The predicted octanol–water partition coefficient (Wildman–Crippen LogP) is 2.64. The lowest BCUT2D eigenvalue weighted by Gasteiger charge is -2.35. The summed E-state index contributed by atoms with van der Waals surface area (Å²) in [5.41, 5.74) is 6.98. The zero-order chi connectivity index (χ0) is 18.7. The smallest absolute Gasteiger partial charge is 0.117 e. The van der Waals surface area contributed by atoms with Crippen molar-refractivity contribution in [1.82, 2.24) is 14.7 Å². The number of benzene rings is 1. The molecule has 5 heteroatoms. The van der Waals surface area contributed by atoms with Crippen molar-refractivity contribution in [2.75, 3.05) is 52.4 Å². The van der Waals surface area contributed by atoms with Crippen LogP contribution in [0.15, 0.2) is 53.1 Å². The lowest BCUT2D eigenvalue weighted by molar-refractivity contribution is 0.124. The molecule has 0 amide bonds. The average Bonchev–Trinajstić information content (AvgIpc) is 3.21. The van der Waals surface area contributed by atoms with Crippen molar-refractivity contribution in [3.8, 4) is 0 Å². The van der Waals surface area contributed by atoms with Crippen molar-refractivity contribution in [2.24, 2.45) is 5.73 Å². The summed E-state index contributed by atoms with van der Waals surface area (Å²) in [4.78, 5) is 7.64. The fraction of sp³-hybridized carbons (Fsp3) is 0.545. The molecule has 2 heterocycles. The molecule has 5 nitrogen and oxygen atoms in total. The van der Waals surface area contributed by atoms with Crippen molar-refractivity contribution in [3.05, 3.63) is 60.1 Å². The van der Waals surface area contributed by atoms with E-state index < -0.39 is 0 Å². The Bertz CT molecular complexity index is 609. The molecular formula is C22H34N4O. The molecule has 0 bridgehead atoms. The summed E-state index contributed by atoms with van der Waals surface area (Å²) in [6, 6.07) is 14.8. The highest BCUT2D eigenvalue weighted by atomic mass is 16.3. The van der Waals surface area contributed by atoms with Crippen LogP contribution in [0.1, 0.15) is 24.2 Å². The molecule has 0 aliphatic carbocycles. The van der Waals surface area contributed by atoms with Crippen molar-refractivity contribution < 1.29 is 4.42 Å². The first-order chi connectivity index (χ1) is 13.3. The summed E-state index contributed by atoms with van der Waals surface area (Å²) in [5, 5.41) is 0. The van der Waals surface area contributed by atoms with Crippen molar-refractivity contribution in [3.63, 3.8) is 0 Å². The van der Waals surface area contributed by atoms with E-state index in [1.165, 1.54) is 44.7 Å². The Morgan fingerprint density at radius 2 is 1.56 bits per heavy atom. The lowest BCUT2D eigenvalue weighted by Crippen LogP contribution is -2.47. The fourth-order valence-corrected chi connectivity index (χ4v) is 3.75. The number of hydrogen-bond donors (Lipinski definition) is 1. The minimum Gasteiger partial charge on any atom is -0.468 e. The van der Waals surface area contributed by atoms with Gasteiger partial charge in [-0.1, -0.05) is 30.3 Å². The van der Waals surface area contributed by atoms with Gasteiger partial charge in [0.25, 0.3) is 0 Å². The summed E-state index contributed by atoms with van der Waals surface area (Å²) in [6.45, 7) is 10.8.